The van der Waals surface area contributed by atoms with Crippen LogP contribution in [0.1, 0.15) is 25.5 Å². The maximum Gasteiger partial charge on any atom is 0.237 e. The van der Waals surface area contributed by atoms with Crippen molar-refractivity contribution in [3.8, 4) is 0 Å². The van der Waals surface area contributed by atoms with E-state index in [2.05, 4.69) is 17.1 Å². The minimum absolute atomic E-state index is 0.0222. The van der Waals surface area contributed by atoms with E-state index in [9.17, 15) is 13.6 Å². The van der Waals surface area contributed by atoms with E-state index in [0.29, 0.717) is 18.2 Å². The van der Waals surface area contributed by atoms with Gasteiger partial charge >= 0.3 is 0 Å². The number of nitrogens with one attached hydrogen (secondary N) is 1. The monoisotopic (exact) mass is 311 g/mol. The smallest absolute Gasteiger partial charge is 0.237 e. The fourth-order valence-corrected chi connectivity index (χ4v) is 2.62. The Kier molecular flexibility index (Phi) is 5.47. The van der Waals surface area contributed by atoms with Crippen LogP contribution in [-0.2, 0) is 4.79 Å². The summed E-state index contributed by atoms with van der Waals surface area (Å²) >= 11 is 0. The fourth-order valence-electron chi connectivity index (χ4n) is 2.62. The molecule has 1 aromatic rings. The third-order valence-corrected chi connectivity index (χ3v) is 4.38. The summed E-state index contributed by atoms with van der Waals surface area (Å²) in [7, 11) is 1.70. The predicted molar refractivity (Wildman–Crippen MR) is 81.4 cm³/mol. The molecule has 2 rings (SSSR count). The Morgan fingerprint density at radius 3 is 2.82 bits per heavy atom. The number of piperazine rings is 1. The van der Waals surface area contributed by atoms with Gasteiger partial charge in [-0.1, -0.05) is 6.07 Å². The normalized spacial score (nSPS) is 20.7. The van der Waals surface area contributed by atoms with Crippen molar-refractivity contribution >= 4 is 5.91 Å². The predicted octanol–water partition coefficient (Wildman–Crippen LogP) is 1.78. The van der Waals surface area contributed by atoms with Gasteiger partial charge in [-0.25, -0.2) is 8.78 Å². The summed E-state index contributed by atoms with van der Waals surface area (Å²) < 4.78 is 26.3. The SMILES string of the molecule is CC(c1ccc(F)c(F)c1)N(C)C(=O)CN1CCNC[C@H]1C. The third-order valence-electron chi connectivity index (χ3n) is 4.38. The number of benzene rings is 1. The Morgan fingerprint density at radius 2 is 2.18 bits per heavy atom. The number of likely N-dealkylation sites (N-methyl/N-ethyl adjacent to an activating group) is 1. The zero-order chi connectivity index (χ0) is 16.3. The van der Waals surface area contributed by atoms with Crippen LogP contribution in [0.5, 0.6) is 0 Å². The molecule has 0 radical (unpaired) electrons. The zero-order valence-corrected chi connectivity index (χ0v) is 13.3. The van der Waals surface area contributed by atoms with E-state index < -0.39 is 11.6 Å². The summed E-state index contributed by atoms with van der Waals surface area (Å²) in [6.45, 7) is 6.81. The molecule has 2 atom stereocenters. The fraction of sp³-hybridized carbons (Fsp3) is 0.562. The lowest BCUT2D eigenvalue weighted by atomic mass is 10.1. The Morgan fingerprint density at radius 1 is 1.45 bits per heavy atom. The molecule has 1 aromatic carbocycles. The van der Waals surface area contributed by atoms with Gasteiger partial charge in [0.1, 0.15) is 0 Å². The second-order valence-electron chi connectivity index (χ2n) is 5.88. The molecule has 1 unspecified atom stereocenters. The highest BCUT2D eigenvalue weighted by molar-refractivity contribution is 5.78. The van der Waals surface area contributed by atoms with Gasteiger partial charge < -0.3 is 10.2 Å². The van der Waals surface area contributed by atoms with E-state index in [-0.39, 0.29) is 11.9 Å². The number of amides is 1. The lowest BCUT2D eigenvalue weighted by molar-refractivity contribution is -0.133. The maximum atomic E-state index is 13.3. The standard InChI is InChI=1S/C16H23F2N3O/c1-11-9-19-6-7-21(11)10-16(22)20(3)12(2)13-4-5-14(17)15(18)8-13/h4-5,8,11-12,19H,6-7,9-10H2,1-3H3/t11-,12?/m1/s1. The minimum Gasteiger partial charge on any atom is -0.338 e. The number of hydrogen-bond donors (Lipinski definition) is 1. The molecule has 1 aliphatic rings. The van der Waals surface area contributed by atoms with Crippen molar-refractivity contribution in [2.24, 2.45) is 0 Å². The molecule has 4 nitrogen and oxygen atoms in total. The number of hydrogen-bond acceptors (Lipinski definition) is 3. The molecule has 1 N–H and O–H groups in total. The maximum absolute atomic E-state index is 13.3. The molecule has 6 heteroatoms. The third kappa shape index (κ3) is 3.81. The average molecular weight is 311 g/mol. The Bertz CT molecular complexity index is 538. The van der Waals surface area contributed by atoms with Gasteiger partial charge in [-0.2, -0.15) is 0 Å². The Hall–Kier alpha value is -1.53. The van der Waals surface area contributed by atoms with E-state index in [4.69, 9.17) is 0 Å². The van der Waals surface area contributed by atoms with Gasteiger partial charge in [0.15, 0.2) is 11.6 Å². The lowest BCUT2D eigenvalue weighted by Crippen LogP contribution is -2.53. The molecular formula is C16H23F2N3O. The van der Waals surface area contributed by atoms with Crippen molar-refractivity contribution in [2.45, 2.75) is 25.9 Å². The first kappa shape index (κ1) is 16.8. The molecular weight excluding hydrogens is 288 g/mol. The molecule has 0 bridgehead atoms. The van der Waals surface area contributed by atoms with E-state index in [1.165, 1.54) is 6.07 Å². The van der Waals surface area contributed by atoms with Gasteiger partial charge in [-0.15, -0.1) is 0 Å². The summed E-state index contributed by atoms with van der Waals surface area (Å²) in [5.41, 5.74) is 0.586. The number of nitrogens with zero attached hydrogens (tertiary/aromatic N) is 2. The van der Waals surface area contributed by atoms with Gasteiger partial charge in [0.2, 0.25) is 5.91 Å². The molecule has 1 fully saturated rings. The van der Waals surface area contributed by atoms with Crippen molar-refractivity contribution in [1.82, 2.24) is 15.1 Å². The highest BCUT2D eigenvalue weighted by atomic mass is 19.2. The number of carbonyl (C=O) groups excluding carboxylic acids is 1. The molecule has 1 aliphatic heterocycles. The topological polar surface area (TPSA) is 35.6 Å². The van der Waals surface area contributed by atoms with Crippen molar-refractivity contribution in [3.05, 3.63) is 35.4 Å². The summed E-state index contributed by atoms with van der Waals surface area (Å²) in [6, 6.07) is 3.76. The van der Waals surface area contributed by atoms with Crippen LogP contribution < -0.4 is 5.32 Å². The highest BCUT2D eigenvalue weighted by Gasteiger charge is 2.24. The molecule has 0 aliphatic carbocycles. The van der Waals surface area contributed by atoms with Crippen molar-refractivity contribution in [2.75, 3.05) is 33.2 Å². The average Bonchev–Trinajstić information content (AvgIpc) is 2.50. The first-order valence-corrected chi connectivity index (χ1v) is 7.55. The van der Waals surface area contributed by atoms with Crippen LogP contribution in [0, 0.1) is 11.6 Å². The van der Waals surface area contributed by atoms with E-state index in [0.717, 1.165) is 31.8 Å². The molecule has 22 heavy (non-hydrogen) atoms. The van der Waals surface area contributed by atoms with E-state index in [1.54, 1.807) is 11.9 Å². The Balaban J connectivity index is 2.01. The summed E-state index contributed by atoms with van der Waals surface area (Å²) in [5, 5.41) is 3.28. The largest absolute Gasteiger partial charge is 0.338 e. The molecule has 1 amide bonds. The number of rotatable bonds is 4. The molecule has 0 aromatic heterocycles. The quantitative estimate of drug-likeness (QED) is 0.921. The van der Waals surface area contributed by atoms with Crippen molar-refractivity contribution < 1.29 is 13.6 Å². The summed E-state index contributed by atoms with van der Waals surface area (Å²) in [5.74, 6) is -1.79. The summed E-state index contributed by atoms with van der Waals surface area (Å²) in [4.78, 5) is 16.1. The lowest BCUT2D eigenvalue weighted by Gasteiger charge is -2.35. The van der Waals surface area contributed by atoms with Crippen LogP contribution in [0.25, 0.3) is 0 Å². The van der Waals surface area contributed by atoms with Crippen LogP contribution in [0.3, 0.4) is 0 Å². The van der Waals surface area contributed by atoms with Gasteiger partial charge in [0.25, 0.3) is 0 Å². The van der Waals surface area contributed by atoms with Crippen LogP contribution in [0.15, 0.2) is 18.2 Å². The molecule has 122 valence electrons. The first-order chi connectivity index (χ1) is 10.4. The van der Waals surface area contributed by atoms with Gasteiger partial charge in [0, 0.05) is 32.7 Å². The zero-order valence-electron chi connectivity index (χ0n) is 13.3. The number of halogens is 2. The second kappa shape index (κ2) is 7.15. The molecule has 1 heterocycles. The first-order valence-electron chi connectivity index (χ1n) is 7.55. The van der Waals surface area contributed by atoms with Crippen molar-refractivity contribution in [3.63, 3.8) is 0 Å². The van der Waals surface area contributed by atoms with Gasteiger partial charge in [0.05, 0.1) is 12.6 Å². The van der Waals surface area contributed by atoms with Gasteiger partial charge in [-0.3, -0.25) is 9.69 Å². The number of carbonyl (C=O) groups is 1. The van der Waals surface area contributed by atoms with Crippen LogP contribution in [-0.4, -0.2) is 55.0 Å². The van der Waals surface area contributed by atoms with Crippen LogP contribution in [0.2, 0.25) is 0 Å². The van der Waals surface area contributed by atoms with Crippen LogP contribution in [0.4, 0.5) is 8.78 Å². The molecule has 0 spiro atoms. The summed E-state index contributed by atoms with van der Waals surface area (Å²) in [6.07, 6.45) is 0. The minimum atomic E-state index is -0.888. The molecule has 0 saturated carbocycles. The Labute approximate surface area is 130 Å². The van der Waals surface area contributed by atoms with Crippen LogP contribution >= 0.6 is 0 Å². The van der Waals surface area contributed by atoms with E-state index in [1.807, 2.05) is 6.92 Å². The van der Waals surface area contributed by atoms with Crippen molar-refractivity contribution in [1.29, 1.82) is 0 Å². The highest BCUT2D eigenvalue weighted by Crippen LogP contribution is 2.21. The van der Waals surface area contributed by atoms with E-state index >= 15 is 0 Å². The second-order valence-corrected chi connectivity index (χ2v) is 5.88. The molecule has 1 saturated heterocycles. The van der Waals surface area contributed by atoms with Gasteiger partial charge in [-0.05, 0) is 31.5 Å².